The van der Waals surface area contributed by atoms with Crippen LogP contribution in [0.15, 0.2) is 146 Å². The first-order chi connectivity index (χ1) is 21.3. The van der Waals surface area contributed by atoms with Gasteiger partial charge >= 0.3 is 0 Å². The first kappa shape index (κ1) is 23.8. The molecule has 0 N–H and O–H groups in total. The highest BCUT2D eigenvalue weighted by Gasteiger charge is 2.18. The van der Waals surface area contributed by atoms with E-state index in [1.54, 1.807) is 0 Å². The molecule has 9 rings (SSSR count). The van der Waals surface area contributed by atoms with Crippen LogP contribution >= 0.6 is 0 Å². The topological polar surface area (TPSA) is 43.6 Å². The molecule has 0 amide bonds. The quantitative estimate of drug-likeness (QED) is 0.206. The molecule has 200 valence electrons. The lowest BCUT2D eigenvalue weighted by Gasteiger charge is -2.12. The number of aromatic nitrogens is 4. The summed E-state index contributed by atoms with van der Waals surface area (Å²) in [6, 6.07) is 51.0. The Morgan fingerprint density at radius 1 is 0.372 bits per heavy atom. The summed E-state index contributed by atoms with van der Waals surface area (Å²) in [5.41, 5.74) is 4.03. The molecule has 43 heavy (non-hydrogen) atoms. The van der Waals surface area contributed by atoms with Gasteiger partial charge in [-0.15, -0.1) is 0 Å². The molecule has 0 spiro atoms. The van der Waals surface area contributed by atoms with Crippen LogP contribution in [0.5, 0.6) is 0 Å². The molecule has 2 heterocycles. The van der Waals surface area contributed by atoms with Crippen molar-refractivity contribution in [1.29, 1.82) is 0 Å². The third-order valence-corrected chi connectivity index (χ3v) is 8.42. The number of fused-ring (bicyclic) bond motifs is 8. The number of rotatable bonds is 3. The molecule has 0 aliphatic heterocycles. The fraction of sp³-hybridized carbons (Fsp3) is 0. The van der Waals surface area contributed by atoms with E-state index in [0.29, 0.717) is 17.6 Å². The molecule has 0 unspecified atom stereocenters. The normalized spacial score (nSPS) is 11.7. The Kier molecular flexibility index (Phi) is 5.16. The van der Waals surface area contributed by atoms with Gasteiger partial charge in [0.15, 0.2) is 11.6 Å². The highest BCUT2D eigenvalue weighted by Crippen LogP contribution is 2.35. The van der Waals surface area contributed by atoms with Crippen molar-refractivity contribution in [3.8, 4) is 28.7 Å². The van der Waals surface area contributed by atoms with Crippen LogP contribution in [0.2, 0.25) is 0 Å². The molecule has 0 saturated carbocycles. The lowest BCUT2D eigenvalue weighted by Crippen LogP contribution is -2.06. The second-order valence-electron chi connectivity index (χ2n) is 10.9. The van der Waals surface area contributed by atoms with E-state index in [0.717, 1.165) is 22.2 Å². The predicted octanol–water partition coefficient (Wildman–Crippen LogP) is 9.76. The van der Waals surface area contributed by atoms with Gasteiger partial charge in [-0.3, -0.25) is 4.57 Å². The first-order valence-corrected chi connectivity index (χ1v) is 14.5. The molecule has 0 bridgehead atoms. The Labute approximate surface area is 247 Å². The van der Waals surface area contributed by atoms with Crippen molar-refractivity contribution < 1.29 is 0 Å². The fourth-order valence-electron chi connectivity index (χ4n) is 6.41. The van der Waals surface area contributed by atoms with Crippen LogP contribution in [0, 0.1) is 0 Å². The number of hydrogen-bond acceptors (Lipinski definition) is 3. The molecular weight excluding hydrogens is 524 g/mol. The molecular formula is C39H24N4. The van der Waals surface area contributed by atoms with Gasteiger partial charge in [-0.1, -0.05) is 127 Å². The maximum atomic E-state index is 5.16. The zero-order valence-corrected chi connectivity index (χ0v) is 23.1. The molecule has 0 aliphatic rings. The Balaban J connectivity index is 1.35. The van der Waals surface area contributed by atoms with Crippen LogP contribution in [0.4, 0.5) is 0 Å². The molecule has 0 fully saturated rings. The van der Waals surface area contributed by atoms with Gasteiger partial charge in [0.05, 0.1) is 11.0 Å². The van der Waals surface area contributed by atoms with Crippen molar-refractivity contribution in [3.63, 3.8) is 0 Å². The van der Waals surface area contributed by atoms with Crippen molar-refractivity contribution in [2.75, 3.05) is 0 Å². The molecule has 9 aromatic rings. The summed E-state index contributed by atoms with van der Waals surface area (Å²) in [5.74, 6) is 1.89. The molecule has 7 aromatic carbocycles. The average Bonchev–Trinajstić information content (AvgIpc) is 3.42. The number of benzene rings is 7. The van der Waals surface area contributed by atoms with Crippen molar-refractivity contribution in [2.45, 2.75) is 0 Å². The zero-order chi connectivity index (χ0) is 28.3. The Morgan fingerprint density at radius 3 is 1.63 bits per heavy atom. The summed E-state index contributed by atoms with van der Waals surface area (Å²) in [6.45, 7) is 0. The van der Waals surface area contributed by atoms with Gasteiger partial charge in [0, 0.05) is 21.9 Å². The summed E-state index contributed by atoms with van der Waals surface area (Å²) in [7, 11) is 0. The minimum absolute atomic E-state index is 0.602. The summed E-state index contributed by atoms with van der Waals surface area (Å²) in [6.07, 6.45) is 0. The largest absolute Gasteiger partial charge is 0.278 e. The summed E-state index contributed by atoms with van der Waals surface area (Å²) >= 11 is 0. The second-order valence-corrected chi connectivity index (χ2v) is 10.9. The summed E-state index contributed by atoms with van der Waals surface area (Å²) in [4.78, 5) is 15.3. The molecule has 2 aromatic heterocycles. The Morgan fingerprint density at radius 2 is 0.907 bits per heavy atom. The van der Waals surface area contributed by atoms with Gasteiger partial charge in [-0.25, -0.2) is 4.98 Å². The Bertz CT molecular complexity index is 2450. The number of para-hydroxylation sites is 2. The van der Waals surface area contributed by atoms with E-state index in [9.17, 15) is 0 Å². The molecule has 0 atom stereocenters. The highest BCUT2D eigenvalue weighted by molar-refractivity contribution is 6.20. The van der Waals surface area contributed by atoms with E-state index >= 15 is 0 Å². The van der Waals surface area contributed by atoms with Crippen LogP contribution in [0.1, 0.15) is 0 Å². The smallest absolute Gasteiger partial charge is 0.238 e. The van der Waals surface area contributed by atoms with E-state index in [1.807, 2.05) is 18.2 Å². The van der Waals surface area contributed by atoms with Crippen molar-refractivity contribution in [3.05, 3.63) is 146 Å². The van der Waals surface area contributed by atoms with Crippen molar-refractivity contribution >= 4 is 54.1 Å². The van der Waals surface area contributed by atoms with Crippen LogP contribution in [0.25, 0.3) is 82.8 Å². The highest BCUT2D eigenvalue weighted by atomic mass is 15.2. The Hall–Kier alpha value is -5.87. The van der Waals surface area contributed by atoms with Gasteiger partial charge in [-0.2, -0.15) is 9.97 Å². The SMILES string of the molecule is c1ccc(-c2nc(-c3ccc4ccc5ccc6ccccc6c5c4c3)nc(-n3c4ccccc4c4ccccc43)n2)cc1. The monoisotopic (exact) mass is 548 g/mol. The number of nitrogens with zero attached hydrogens (tertiary/aromatic N) is 4. The van der Waals surface area contributed by atoms with Gasteiger partial charge in [0.25, 0.3) is 0 Å². The van der Waals surface area contributed by atoms with Crippen LogP contribution < -0.4 is 0 Å². The molecule has 0 aliphatic carbocycles. The molecule has 0 radical (unpaired) electrons. The average molecular weight is 549 g/mol. The van der Waals surface area contributed by atoms with E-state index in [2.05, 4.69) is 132 Å². The van der Waals surface area contributed by atoms with Gasteiger partial charge in [0.1, 0.15) is 0 Å². The third-order valence-electron chi connectivity index (χ3n) is 8.42. The van der Waals surface area contributed by atoms with Gasteiger partial charge in [-0.05, 0) is 50.5 Å². The minimum atomic E-state index is 0.602. The number of hydrogen-bond donors (Lipinski definition) is 0. The maximum absolute atomic E-state index is 5.16. The van der Waals surface area contributed by atoms with E-state index in [1.165, 1.54) is 43.1 Å². The maximum Gasteiger partial charge on any atom is 0.238 e. The van der Waals surface area contributed by atoms with Crippen molar-refractivity contribution in [2.24, 2.45) is 0 Å². The first-order valence-electron chi connectivity index (χ1n) is 14.5. The van der Waals surface area contributed by atoms with Gasteiger partial charge < -0.3 is 0 Å². The second kappa shape index (κ2) is 9.33. The predicted molar refractivity (Wildman–Crippen MR) is 178 cm³/mol. The van der Waals surface area contributed by atoms with Crippen LogP contribution in [-0.4, -0.2) is 19.5 Å². The van der Waals surface area contributed by atoms with E-state index < -0.39 is 0 Å². The summed E-state index contributed by atoms with van der Waals surface area (Å²) in [5, 5.41) is 9.66. The lowest BCUT2D eigenvalue weighted by atomic mass is 9.95. The molecule has 4 heteroatoms. The van der Waals surface area contributed by atoms with Gasteiger partial charge in [0.2, 0.25) is 5.95 Å². The van der Waals surface area contributed by atoms with Crippen LogP contribution in [-0.2, 0) is 0 Å². The fourth-order valence-corrected chi connectivity index (χ4v) is 6.41. The lowest BCUT2D eigenvalue weighted by molar-refractivity contribution is 0.953. The molecule has 0 saturated heterocycles. The van der Waals surface area contributed by atoms with E-state index in [4.69, 9.17) is 15.0 Å². The van der Waals surface area contributed by atoms with E-state index in [-0.39, 0.29) is 0 Å². The standard InChI is InChI=1S/C39H24N4/c1-2-11-28(12-3-1)37-40-38(42-39(41-37)43-34-16-8-6-14-31(34)32-15-7-9-17-35(32)43)29-23-20-26-19-22-27-21-18-25-10-4-5-13-30(25)36(27)33(26)24-29/h1-24H. The summed E-state index contributed by atoms with van der Waals surface area (Å²) < 4.78 is 2.16. The minimum Gasteiger partial charge on any atom is -0.278 e. The molecule has 4 nitrogen and oxygen atoms in total. The zero-order valence-electron chi connectivity index (χ0n) is 23.1. The van der Waals surface area contributed by atoms with Crippen molar-refractivity contribution in [1.82, 2.24) is 19.5 Å². The third kappa shape index (κ3) is 3.74. The van der Waals surface area contributed by atoms with Crippen LogP contribution in [0.3, 0.4) is 0 Å².